The monoisotopic (exact) mass is 643 g/mol. The van der Waals surface area contributed by atoms with Crippen LogP contribution in [0.3, 0.4) is 0 Å². The first-order valence-corrected chi connectivity index (χ1v) is 13.4. The van der Waals surface area contributed by atoms with Crippen molar-refractivity contribution in [1.29, 1.82) is 0 Å². The number of nitro benzene ring substituents is 2. The van der Waals surface area contributed by atoms with Crippen molar-refractivity contribution >= 4 is 43.2 Å². The van der Waals surface area contributed by atoms with Gasteiger partial charge in [-0.3, -0.25) is 20.2 Å². The van der Waals surface area contributed by atoms with Gasteiger partial charge in [0, 0.05) is 50.8 Å². The van der Waals surface area contributed by atoms with Crippen LogP contribution in [0.4, 0.5) is 11.4 Å². The van der Waals surface area contributed by atoms with Crippen LogP contribution in [-0.2, 0) is 6.42 Å². The number of nitro groups is 2. The minimum atomic E-state index is -0.436. The molecule has 1 heterocycles. The molecule has 5 aromatic rings. The molecule has 0 spiro atoms. The molecule has 0 radical (unpaired) electrons. The first-order valence-electron chi connectivity index (χ1n) is 11.8. The van der Waals surface area contributed by atoms with Crippen LogP contribution >= 0.6 is 31.9 Å². The summed E-state index contributed by atoms with van der Waals surface area (Å²) in [7, 11) is 0. The quantitative estimate of drug-likeness (QED) is 0.130. The van der Waals surface area contributed by atoms with Crippen molar-refractivity contribution in [1.82, 2.24) is 4.98 Å². The predicted molar refractivity (Wildman–Crippen MR) is 159 cm³/mol. The molecule has 0 saturated heterocycles. The topological polar surface area (TPSA) is 99.2 Å². The van der Waals surface area contributed by atoms with Crippen molar-refractivity contribution in [2.24, 2.45) is 0 Å². The van der Waals surface area contributed by atoms with E-state index >= 15 is 0 Å². The van der Waals surface area contributed by atoms with E-state index in [4.69, 9.17) is 4.98 Å². The van der Waals surface area contributed by atoms with Crippen LogP contribution in [0.5, 0.6) is 0 Å². The van der Waals surface area contributed by atoms with Gasteiger partial charge >= 0.3 is 0 Å². The number of nitrogens with zero attached hydrogens (tertiary/aromatic N) is 3. The van der Waals surface area contributed by atoms with Gasteiger partial charge in [-0.2, -0.15) is 0 Å². The molecular weight excluding hydrogens is 626 g/mol. The summed E-state index contributed by atoms with van der Waals surface area (Å²) >= 11 is 7.00. The summed E-state index contributed by atoms with van der Waals surface area (Å²) in [5.74, 6) is 0. The Labute approximate surface area is 240 Å². The lowest BCUT2D eigenvalue weighted by atomic mass is 9.90. The van der Waals surface area contributed by atoms with Crippen molar-refractivity contribution in [2.75, 3.05) is 0 Å². The standard InChI is InChI=1S/C30H19Br2N3O4/c31-23-9-1-19(2-10-23)17-28-27(20-3-11-24(32)12-4-20)18-29(21-5-13-25(14-6-21)34(36)37)33-30(28)22-7-15-26(16-8-22)35(38)39/h1-16,18H,17H2. The van der Waals surface area contributed by atoms with E-state index in [0.29, 0.717) is 17.8 Å². The Kier molecular flexibility index (Phi) is 7.63. The number of non-ortho nitro benzene ring substituents is 2. The number of hydrogen-bond acceptors (Lipinski definition) is 5. The molecule has 0 saturated carbocycles. The maximum Gasteiger partial charge on any atom is 0.269 e. The molecule has 0 bridgehead atoms. The van der Waals surface area contributed by atoms with Gasteiger partial charge in [-0.15, -0.1) is 0 Å². The van der Waals surface area contributed by atoms with Crippen molar-refractivity contribution < 1.29 is 9.85 Å². The highest BCUT2D eigenvalue weighted by Crippen LogP contribution is 2.37. The summed E-state index contributed by atoms with van der Waals surface area (Å²) in [6.45, 7) is 0. The van der Waals surface area contributed by atoms with E-state index in [0.717, 1.165) is 42.3 Å². The lowest BCUT2D eigenvalue weighted by Crippen LogP contribution is -2.02. The fourth-order valence-corrected chi connectivity index (χ4v) is 4.85. The lowest BCUT2D eigenvalue weighted by molar-refractivity contribution is -0.385. The van der Waals surface area contributed by atoms with E-state index in [1.807, 2.05) is 54.6 Å². The van der Waals surface area contributed by atoms with Crippen molar-refractivity contribution in [3.05, 3.63) is 143 Å². The maximum absolute atomic E-state index is 11.3. The van der Waals surface area contributed by atoms with Crippen LogP contribution in [0, 0.1) is 20.2 Å². The number of benzene rings is 4. The zero-order chi connectivity index (χ0) is 27.5. The minimum Gasteiger partial charge on any atom is -0.258 e. The van der Waals surface area contributed by atoms with Gasteiger partial charge in [0.05, 0.1) is 21.2 Å². The molecule has 0 fully saturated rings. The van der Waals surface area contributed by atoms with Gasteiger partial charge < -0.3 is 0 Å². The molecule has 0 aliphatic heterocycles. The zero-order valence-corrected chi connectivity index (χ0v) is 23.4. The van der Waals surface area contributed by atoms with Crippen molar-refractivity contribution in [2.45, 2.75) is 6.42 Å². The smallest absolute Gasteiger partial charge is 0.258 e. The van der Waals surface area contributed by atoms with E-state index in [2.05, 4.69) is 31.9 Å². The fraction of sp³-hybridized carbons (Fsp3) is 0.0333. The van der Waals surface area contributed by atoms with Crippen LogP contribution in [-0.4, -0.2) is 14.8 Å². The van der Waals surface area contributed by atoms with Crippen molar-refractivity contribution in [3.63, 3.8) is 0 Å². The molecular formula is C30H19Br2N3O4. The van der Waals surface area contributed by atoms with Gasteiger partial charge in [-0.1, -0.05) is 56.1 Å². The number of halogens is 2. The van der Waals surface area contributed by atoms with Gasteiger partial charge in [0.2, 0.25) is 0 Å². The van der Waals surface area contributed by atoms with Crippen LogP contribution in [0.1, 0.15) is 11.1 Å². The van der Waals surface area contributed by atoms with Crippen LogP contribution < -0.4 is 0 Å². The molecule has 9 heteroatoms. The summed E-state index contributed by atoms with van der Waals surface area (Å²) in [6, 6.07) is 30.6. The molecule has 192 valence electrons. The highest BCUT2D eigenvalue weighted by atomic mass is 79.9. The van der Waals surface area contributed by atoms with E-state index < -0.39 is 9.85 Å². The summed E-state index contributed by atoms with van der Waals surface area (Å²) in [5.41, 5.74) is 6.71. The molecule has 0 aliphatic carbocycles. The Balaban J connectivity index is 1.76. The van der Waals surface area contributed by atoms with Gasteiger partial charge in [0.15, 0.2) is 0 Å². The van der Waals surface area contributed by atoms with E-state index in [9.17, 15) is 20.2 Å². The average Bonchev–Trinajstić information content (AvgIpc) is 2.95. The Bertz CT molecular complexity index is 1670. The largest absolute Gasteiger partial charge is 0.269 e. The second kappa shape index (κ2) is 11.3. The number of hydrogen-bond donors (Lipinski definition) is 0. The number of aromatic nitrogens is 1. The molecule has 0 atom stereocenters. The van der Waals surface area contributed by atoms with Crippen LogP contribution in [0.2, 0.25) is 0 Å². The SMILES string of the molecule is O=[N+]([O-])c1ccc(-c2cc(-c3ccc(Br)cc3)c(Cc3ccc(Br)cc3)c(-c3ccc([N+](=O)[O-])cc3)n2)cc1. The third kappa shape index (κ3) is 5.94. The first-order chi connectivity index (χ1) is 18.8. The molecule has 0 unspecified atom stereocenters. The summed E-state index contributed by atoms with van der Waals surface area (Å²) in [5, 5.41) is 22.5. The van der Waals surface area contributed by atoms with E-state index in [-0.39, 0.29) is 11.4 Å². The second-order valence-corrected chi connectivity index (χ2v) is 10.6. The first kappa shape index (κ1) is 26.4. The van der Waals surface area contributed by atoms with Crippen molar-refractivity contribution in [3.8, 4) is 33.6 Å². The van der Waals surface area contributed by atoms with Gasteiger partial charge in [-0.05, 0) is 76.9 Å². The summed E-state index contributed by atoms with van der Waals surface area (Å²) < 4.78 is 1.92. The van der Waals surface area contributed by atoms with Gasteiger partial charge in [0.25, 0.3) is 11.4 Å². The van der Waals surface area contributed by atoms with Gasteiger partial charge in [-0.25, -0.2) is 4.98 Å². The normalized spacial score (nSPS) is 10.8. The Hall–Kier alpha value is -4.21. The molecule has 5 rings (SSSR count). The third-order valence-corrected chi connectivity index (χ3v) is 7.36. The second-order valence-electron chi connectivity index (χ2n) is 8.80. The Morgan fingerprint density at radius 3 is 1.59 bits per heavy atom. The molecule has 7 nitrogen and oxygen atoms in total. The molecule has 0 amide bonds. The van der Waals surface area contributed by atoms with Gasteiger partial charge in [0.1, 0.15) is 0 Å². The Morgan fingerprint density at radius 2 is 1.08 bits per heavy atom. The summed E-state index contributed by atoms with van der Waals surface area (Å²) in [6.07, 6.45) is 0.568. The van der Waals surface area contributed by atoms with Crippen LogP contribution in [0.15, 0.2) is 112 Å². The lowest BCUT2D eigenvalue weighted by Gasteiger charge is -2.18. The predicted octanol–water partition coefficient (Wildman–Crippen LogP) is 9.01. The summed E-state index contributed by atoms with van der Waals surface area (Å²) in [4.78, 5) is 26.7. The minimum absolute atomic E-state index is 0.00525. The Morgan fingerprint density at radius 1 is 0.615 bits per heavy atom. The van der Waals surface area contributed by atoms with Crippen LogP contribution in [0.25, 0.3) is 33.6 Å². The van der Waals surface area contributed by atoms with E-state index in [1.165, 1.54) is 24.3 Å². The molecule has 39 heavy (non-hydrogen) atoms. The highest BCUT2D eigenvalue weighted by Gasteiger charge is 2.19. The van der Waals surface area contributed by atoms with E-state index in [1.54, 1.807) is 24.3 Å². The highest BCUT2D eigenvalue weighted by molar-refractivity contribution is 9.10. The number of pyridine rings is 1. The molecule has 4 aromatic carbocycles. The maximum atomic E-state index is 11.3. The molecule has 1 aromatic heterocycles. The molecule has 0 aliphatic rings. The molecule has 0 N–H and O–H groups in total. The average molecular weight is 645 g/mol. The fourth-order valence-electron chi connectivity index (χ4n) is 4.33. The third-order valence-electron chi connectivity index (χ3n) is 6.30. The number of rotatable bonds is 7. The zero-order valence-electron chi connectivity index (χ0n) is 20.3.